The van der Waals surface area contributed by atoms with Gasteiger partial charge < -0.3 is 5.11 Å². The summed E-state index contributed by atoms with van der Waals surface area (Å²) in [6.07, 6.45) is 0. The second-order valence-electron chi connectivity index (χ2n) is 1.77. The van der Waals surface area contributed by atoms with Gasteiger partial charge in [-0.1, -0.05) is 0 Å². The van der Waals surface area contributed by atoms with Gasteiger partial charge >= 0.3 is 17.4 Å². The van der Waals surface area contributed by atoms with Crippen LogP contribution in [0.5, 0.6) is 6.01 Å². The minimum Gasteiger partial charge on any atom is -0.458 e. The summed E-state index contributed by atoms with van der Waals surface area (Å²) in [4.78, 5) is 24.9. The molecule has 1 aromatic rings. The lowest BCUT2D eigenvalue weighted by Crippen LogP contribution is -2.51. The first-order valence-corrected chi connectivity index (χ1v) is 2.53. The molecule has 0 unspecified atom stereocenters. The Labute approximate surface area is 54.8 Å². The molecular weight excluding hydrogens is 138 g/mol. The molecule has 0 aliphatic heterocycles. The average molecular weight is 144 g/mol. The highest BCUT2D eigenvalue weighted by Gasteiger charge is 2.05. The van der Waals surface area contributed by atoms with Gasteiger partial charge in [-0.15, -0.1) is 0 Å². The van der Waals surface area contributed by atoms with E-state index in [0.29, 0.717) is 0 Å². The zero-order valence-electron chi connectivity index (χ0n) is 5.21. The molecule has 3 N–H and O–H groups in total. The standard InChI is InChI=1S/C4H5N3O3/c1-7-3(9)5-2(8)6-4(7)10/h1H3,(H2,5,6,8,9,10)/p+1. The number of aromatic nitrogens is 3. The van der Waals surface area contributed by atoms with Crippen LogP contribution >= 0.6 is 0 Å². The van der Waals surface area contributed by atoms with Gasteiger partial charge in [0.15, 0.2) is 0 Å². The van der Waals surface area contributed by atoms with Gasteiger partial charge in [0.05, 0.1) is 7.05 Å². The van der Waals surface area contributed by atoms with Gasteiger partial charge in [0.2, 0.25) is 0 Å². The Morgan fingerprint density at radius 3 is 2.50 bits per heavy atom. The topological polar surface area (TPSA) is 89.8 Å². The first-order chi connectivity index (χ1) is 4.61. The molecule has 0 aromatic carbocycles. The van der Waals surface area contributed by atoms with Crippen molar-refractivity contribution < 1.29 is 9.67 Å². The van der Waals surface area contributed by atoms with Crippen molar-refractivity contribution in [1.82, 2.24) is 9.97 Å². The maximum Gasteiger partial charge on any atom is 0.448 e. The highest BCUT2D eigenvalue weighted by Crippen LogP contribution is 1.77. The van der Waals surface area contributed by atoms with Crippen molar-refractivity contribution in [3.05, 3.63) is 21.0 Å². The van der Waals surface area contributed by atoms with Gasteiger partial charge in [0, 0.05) is 0 Å². The fraction of sp³-hybridized carbons (Fsp3) is 0.250. The third kappa shape index (κ3) is 0.903. The number of aromatic amines is 2. The zero-order chi connectivity index (χ0) is 7.72. The Hall–Kier alpha value is -1.59. The van der Waals surface area contributed by atoms with E-state index in [2.05, 4.69) is 0 Å². The molecule has 0 bridgehead atoms. The van der Waals surface area contributed by atoms with Crippen LogP contribution in [0.3, 0.4) is 0 Å². The van der Waals surface area contributed by atoms with E-state index in [1.165, 1.54) is 7.05 Å². The smallest absolute Gasteiger partial charge is 0.448 e. The molecule has 0 spiro atoms. The Morgan fingerprint density at radius 1 is 1.40 bits per heavy atom. The molecule has 1 aromatic heterocycles. The molecule has 0 amide bonds. The van der Waals surface area contributed by atoms with E-state index < -0.39 is 17.4 Å². The van der Waals surface area contributed by atoms with Crippen molar-refractivity contribution in [3.63, 3.8) is 0 Å². The predicted molar refractivity (Wildman–Crippen MR) is 30.5 cm³/mol. The molecule has 54 valence electrons. The van der Waals surface area contributed by atoms with Crippen LogP contribution in [0.15, 0.2) is 9.59 Å². The molecule has 1 heterocycles. The molecule has 6 nitrogen and oxygen atoms in total. The molecule has 0 fully saturated rings. The lowest BCUT2D eigenvalue weighted by molar-refractivity contribution is -0.698. The Morgan fingerprint density at radius 2 is 2.00 bits per heavy atom. The predicted octanol–water partition coefficient (Wildman–Crippen LogP) is -2.41. The molecule has 0 atom stereocenters. The molecule has 10 heavy (non-hydrogen) atoms. The first kappa shape index (κ1) is 6.53. The quantitative estimate of drug-likeness (QED) is 0.354. The number of aromatic hydroxyl groups is 1. The van der Waals surface area contributed by atoms with E-state index in [9.17, 15) is 9.59 Å². The first-order valence-electron chi connectivity index (χ1n) is 2.53. The van der Waals surface area contributed by atoms with E-state index in [0.717, 1.165) is 4.57 Å². The zero-order valence-corrected chi connectivity index (χ0v) is 5.21. The highest BCUT2D eigenvalue weighted by molar-refractivity contribution is 4.72. The maximum atomic E-state index is 10.6. The van der Waals surface area contributed by atoms with Gasteiger partial charge in [-0.2, -0.15) is 14.5 Å². The molecule has 0 aliphatic carbocycles. The third-order valence-electron chi connectivity index (χ3n) is 1.07. The van der Waals surface area contributed by atoms with E-state index >= 15 is 0 Å². The largest absolute Gasteiger partial charge is 0.458 e. The number of hydrogen-bond donors (Lipinski definition) is 3. The molecule has 6 heteroatoms. The van der Waals surface area contributed by atoms with Gasteiger partial charge in [0.25, 0.3) is 0 Å². The van der Waals surface area contributed by atoms with Gasteiger partial charge in [-0.25, -0.2) is 9.59 Å². The molecule has 0 aliphatic rings. The van der Waals surface area contributed by atoms with Crippen LogP contribution < -0.4 is 15.9 Å². The van der Waals surface area contributed by atoms with E-state index in [4.69, 9.17) is 5.11 Å². The van der Waals surface area contributed by atoms with Crippen LogP contribution in [0.4, 0.5) is 0 Å². The van der Waals surface area contributed by atoms with E-state index in [1.54, 1.807) is 0 Å². The molecule has 0 saturated carbocycles. The van der Waals surface area contributed by atoms with Crippen molar-refractivity contribution in [2.24, 2.45) is 7.05 Å². The summed E-state index contributed by atoms with van der Waals surface area (Å²) < 4.78 is 0.876. The molecule has 1 rings (SSSR count). The van der Waals surface area contributed by atoms with Crippen LogP contribution in [-0.2, 0) is 7.05 Å². The third-order valence-corrected chi connectivity index (χ3v) is 1.07. The molecule has 0 radical (unpaired) electrons. The summed E-state index contributed by atoms with van der Waals surface area (Å²) in [6.45, 7) is 0. The van der Waals surface area contributed by atoms with Gasteiger partial charge in [-0.05, 0) is 0 Å². The summed E-state index contributed by atoms with van der Waals surface area (Å²) in [6, 6.07) is -0.464. The summed E-state index contributed by atoms with van der Waals surface area (Å²) in [5.74, 6) is 0. The van der Waals surface area contributed by atoms with Crippen LogP contribution in [-0.4, -0.2) is 15.1 Å². The lowest BCUT2D eigenvalue weighted by atomic mass is 10.9. The van der Waals surface area contributed by atoms with Crippen molar-refractivity contribution in [2.45, 2.75) is 0 Å². The fourth-order valence-electron chi connectivity index (χ4n) is 0.494. The highest BCUT2D eigenvalue weighted by atomic mass is 16.3. The second-order valence-corrected chi connectivity index (χ2v) is 1.77. The van der Waals surface area contributed by atoms with E-state index in [1.807, 2.05) is 9.97 Å². The van der Waals surface area contributed by atoms with Crippen molar-refractivity contribution in [2.75, 3.05) is 0 Å². The fourth-order valence-corrected chi connectivity index (χ4v) is 0.494. The van der Waals surface area contributed by atoms with Crippen LogP contribution in [0.1, 0.15) is 0 Å². The van der Waals surface area contributed by atoms with Gasteiger partial charge in [-0.3, -0.25) is 0 Å². The summed E-state index contributed by atoms with van der Waals surface area (Å²) in [5, 5.41) is 8.77. The number of H-pyrrole nitrogens is 2. The minimum absolute atomic E-state index is 0.464. The van der Waals surface area contributed by atoms with Gasteiger partial charge in [0.1, 0.15) is 0 Å². The van der Waals surface area contributed by atoms with E-state index in [-0.39, 0.29) is 0 Å². The number of hydrogen-bond acceptors (Lipinski definition) is 3. The Bertz CT molecular complexity index is 350. The van der Waals surface area contributed by atoms with Crippen LogP contribution in [0, 0.1) is 0 Å². The van der Waals surface area contributed by atoms with Crippen molar-refractivity contribution in [1.29, 1.82) is 0 Å². The Kier molecular flexibility index (Phi) is 1.29. The van der Waals surface area contributed by atoms with Crippen molar-refractivity contribution >= 4 is 0 Å². The maximum absolute atomic E-state index is 10.6. The Balaban J connectivity index is 3.62. The lowest BCUT2D eigenvalue weighted by Gasteiger charge is -1.87. The summed E-state index contributed by atoms with van der Waals surface area (Å²) in [7, 11) is 1.32. The van der Waals surface area contributed by atoms with Crippen LogP contribution in [0.2, 0.25) is 0 Å². The SMILES string of the molecule is C[n+]1c(O)[nH]c(=O)[nH]c1=O. The summed E-state index contributed by atoms with van der Waals surface area (Å²) >= 11 is 0. The second kappa shape index (κ2) is 1.98. The van der Waals surface area contributed by atoms with Crippen molar-refractivity contribution in [3.8, 4) is 6.01 Å². The number of nitrogens with zero attached hydrogens (tertiary/aromatic N) is 1. The molecule has 0 saturated heterocycles. The number of rotatable bonds is 0. The summed E-state index contributed by atoms with van der Waals surface area (Å²) in [5.41, 5.74) is -1.37. The minimum atomic E-state index is -0.722. The normalized spacial score (nSPS) is 9.70. The number of nitrogens with one attached hydrogen (secondary N) is 2. The van der Waals surface area contributed by atoms with Crippen LogP contribution in [0.25, 0.3) is 0 Å². The monoisotopic (exact) mass is 144 g/mol. The average Bonchev–Trinajstić information content (AvgIpc) is 1.82. The molecular formula is C4H6N3O3+.